The molecule has 0 aliphatic rings. The van der Waals surface area contributed by atoms with Crippen molar-refractivity contribution in [2.45, 2.75) is 26.4 Å². The Morgan fingerprint density at radius 1 is 1.33 bits per heavy atom. The summed E-state index contributed by atoms with van der Waals surface area (Å²) in [6.07, 6.45) is 0. The predicted octanol–water partition coefficient (Wildman–Crippen LogP) is 1.23. The van der Waals surface area contributed by atoms with Gasteiger partial charge in [0.15, 0.2) is 0 Å². The summed E-state index contributed by atoms with van der Waals surface area (Å²) < 4.78 is 4.80. The van der Waals surface area contributed by atoms with Crippen LogP contribution in [0.4, 0.5) is 0 Å². The summed E-state index contributed by atoms with van der Waals surface area (Å²) in [5.41, 5.74) is 7.89. The fourth-order valence-electron chi connectivity index (χ4n) is 1.55. The van der Waals surface area contributed by atoms with Gasteiger partial charge in [-0.15, -0.1) is 11.8 Å². The average molecular weight is 310 g/mol. The van der Waals surface area contributed by atoms with E-state index in [2.05, 4.69) is 5.32 Å². The highest BCUT2D eigenvalue weighted by atomic mass is 32.2. The highest BCUT2D eigenvalue weighted by Gasteiger charge is 2.14. The summed E-state index contributed by atoms with van der Waals surface area (Å²) in [6, 6.07) is 7.31. The van der Waals surface area contributed by atoms with Crippen LogP contribution in [0.1, 0.15) is 18.1 Å². The Bertz CT molecular complexity index is 462. The van der Waals surface area contributed by atoms with Crippen LogP contribution in [0.5, 0.6) is 0 Å². The topological polar surface area (TPSA) is 81.4 Å². The molecule has 0 aliphatic heterocycles. The standard InChI is InChI=1S/C15H22N2O3S/c1-3-20-15(19)13(16)9-21-10-14(18)17-8-12-6-4-11(2)5-7-12/h4-7,13H,3,8-10,16H2,1-2H3,(H,17,18). The zero-order valence-electron chi connectivity index (χ0n) is 12.4. The molecule has 1 aromatic carbocycles. The van der Waals surface area contributed by atoms with Crippen molar-refractivity contribution in [2.24, 2.45) is 5.73 Å². The number of hydrogen-bond acceptors (Lipinski definition) is 5. The van der Waals surface area contributed by atoms with Gasteiger partial charge in [0, 0.05) is 12.3 Å². The maximum atomic E-state index is 11.7. The summed E-state index contributed by atoms with van der Waals surface area (Å²) in [7, 11) is 0. The van der Waals surface area contributed by atoms with Crippen molar-refractivity contribution in [3.05, 3.63) is 35.4 Å². The molecule has 1 unspecified atom stereocenters. The normalized spacial score (nSPS) is 11.8. The van der Waals surface area contributed by atoms with Gasteiger partial charge in [-0.2, -0.15) is 0 Å². The van der Waals surface area contributed by atoms with E-state index in [1.807, 2.05) is 31.2 Å². The molecule has 0 saturated heterocycles. The molecule has 0 heterocycles. The van der Waals surface area contributed by atoms with Crippen molar-refractivity contribution in [2.75, 3.05) is 18.1 Å². The first kappa shape index (κ1) is 17.5. The third kappa shape index (κ3) is 7.15. The number of thioether (sulfide) groups is 1. The van der Waals surface area contributed by atoms with Crippen LogP contribution in [0.15, 0.2) is 24.3 Å². The third-order valence-corrected chi connectivity index (χ3v) is 3.79. The van der Waals surface area contributed by atoms with Crippen molar-refractivity contribution in [1.29, 1.82) is 0 Å². The van der Waals surface area contributed by atoms with Crippen LogP contribution in [-0.4, -0.2) is 36.0 Å². The van der Waals surface area contributed by atoms with Crippen molar-refractivity contribution < 1.29 is 14.3 Å². The highest BCUT2D eigenvalue weighted by Crippen LogP contribution is 2.05. The zero-order chi connectivity index (χ0) is 15.7. The lowest BCUT2D eigenvalue weighted by Crippen LogP contribution is -2.35. The maximum Gasteiger partial charge on any atom is 0.323 e. The monoisotopic (exact) mass is 310 g/mol. The molecule has 1 atom stereocenters. The Labute approximate surface area is 129 Å². The number of esters is 1. The summed E-state index contributed by atoms with van der Waals surface area (Å²) in [4.78, 5) is 23.0. The van der Waals surface area contributed by atoms with Gasteiger partial charge >= 0.3 is 5.97 Å². The number of aryl methyl sites for hydroxylation is 1. The van der Waals surface area contributed by atoms with E-state index in [0.29, 0.717) is 18.9 Å². The number of amides is 1. The number of ether oxygens (including phenoxy) is 1. The Hall–Kier alpha value is -1.53. The molecule has 21 heavy (non-hydrogen) atoms. The Balaban J connectivity index is 2.19. The van der Waals surface area contributed by atoms with Gasteiger partial charge in [-0.1, -0.05) is 29.8 Å². The van der Waals surface area contributed by atoms with Gasteiger partial charge < -0.3 is 15.8 Å². The second kappa shape index (κ2) is 9.41. The SMILES string of the molecule is CCOC(=O)C(N)CSCC(=O)NCc1ccc(C)cc1. The maximum absolute atomic E-state index is 11.7. The molecular formula is C15H22N2O3S. The van der Waals surface area contributed by atoms with Gasteiger partial charge in [0.2, 0.25) is 5.91 Å². The van der Waals surface area contributed by atoms with E-state index in [1.165, 1.54) is 17.3 Å². The minimum absolute atomic E-state index is 0.0726. The minimum atomic E-state index is -0.681. The quantitative estimate of drug-likeness (QED) is 0.706. The number of benzene rings is 1. The van der Waals surface area contributed by atoms with Crippen LogP contribution in [0.25, 0.3) is 0 Å². The van der Waals surface area contributed by atoms with E-state index in [4.69, 9.17) is 10.5 Å². The van der Waals surface area contributed by atoms with E-state index in [9.17, 15) is 9.59 Å². The molecule has 0 aliphatic carbocycles. The number of carbonyl (C=O) groups is 2. The minimum Gasteiger partial charge on any atom is -0.465 e. The lowest BCUT2D eigenvalue weighted by atomic mass is 10.1. The Morgan fingerprint density at radius 3 is 2.62 bits per heavy atom. The third-order valence-electron chi connectivity index (χ3n) is 2.73. The lowest BCUT2D eigenvalue weighted by molar-refractivity contribution is -0.144. The number of hydrogen-bond donors (Lipinski definition) is 2. The van der Waals surface area contributed by atoms with Gasteiger partial charge in [0.1, 0.15) is 6.04 Å². The molecule has 0 saturated carbocycles. The van der Waals surface area contributed by atoms with Crippen LogP contribution in [0, 0.1) is 6.92 Å². The van der Waals surface area contributed by atoms with Gasteiger partial charge in [-0.25, -0.2) is 0 Å². The van der Waals surface area contributed by atoms with Crippen molar-refractivity contribution in [1.82, 2.24) is 5.32 Å². The number of carbonyl (C=O) groups excluding carboxylic acids is 2. The molecule has 0 spiro atoms. The number of rotatable bonds is 8. The molecule has 1 amide bonds. The molecule has 0 bridgehead atoms. The van der Waals surface area contributed by atoms with Crippen LogP contribution < -0.4 is 11.1 Å². The van der Waals surface area contributed by atoms with E-state index < -0.39 is 12.0 Å². The molecule has 0 fully saturated rings. The Kier molecular flexibility index (Phi) is 7.85. The molecule has 6 heteroatoms. The molecular weight excluding hydrogens is 288 g/mol. The van der Waals surface area contributed by atoms with Gasteiger partial charge in [0.05, 0.1) is 12.4 Å². The Morgan fingerprint density at radius 2 is 2.00 bits per heavy atom. The fourth-order valence-corrected chi connectivity index (χ4v) is 2.35. The van der Waals surface area contributed by atoms with Gasteiger partial charge in [-0.3, -0.25) is 9.59 Å². The number of nitrogens with two attached hydrogens (primary N) is 1. The fraction of sp³-hybridized carbons (Fsp3) is 0.467. The molecule has 0 aromatic heterocycles. The first-order valence-corrected chi connectivity index (χ1v) is 8.00. The van der Waals surface area contributed by atoms with E-state index in [-0.39, 0.29) is 11.7 Å². The molecule has 116 valence electrons. The molecule has 3 N–H and O–H groups in total. The molecule has 1 rings (SSSR count). The number of nitrogens with one attached hydrogen (secondary N) is 1. The molecule has 0 radical (unpaired) electrons. The first-order valence-electron chi connectivity index (χ1n) is 6.85. The summed E-state index contributed by atoms with van der Waals surface area (Å²) in [5.74, 6) is 0.150. The van der Waals surface area contributed by atoms with Crippen LogP contribution in [0.3, 0.4) is 0 Å². The first-order chi connectivity index (χ1) is 10.0. The highest BCUT2D eigenvalue weighted by molar-refractivity contribution is 8.00. The molecule has 5 nitrogen and oxygen atoms in total. The van der Waals surface area contributed by atoms with E-state index >= 15 is 0 Å². The van der Waals surface area contributed by atoms with Crippen LogP contribution in [-0.2, 0) is 20.9 Å². The zero-order valence-corrected chi connectivity index (χ0v) is 13.2. The lowest BCUT2D eigenvalue weighted by Gasteiger charge is -2.10. The van der Waals surface area contributed by atoms with Crippen molar-refractivity contribution in [3.8, 4) is 0 Å². The van der Waals surface area contributed by atoms with Crippen molar-refractivity contribution >= 4 is 23.6 Å². The van der Waals surface area contributed by atoms with E-state index in [1.54, 1.807) is 6.92 Å². The smallest absolute Gasteiger partial charge is 0.323 e. The summed E-state index contributed by atoms with van der Waals surface area (Å²) in [6.45, 7) is 4.57. The largest absolute Gasteiger partial charge is 0.465 e. The van der Waals surface area contributed by atoms with Crippen LogP contribution >= 0.6 is 11.8 Å². The average Bonchev–Trinajstić information content (AvgIpc) is 2.46. The van der Waals surface area contributed by atoms with Crippen LogP contribution in [0.2, 0.25) is 0 Å². The predicted molar refractivity (Wildman–Crippen MR) is 85.0 cm³/mol. The van der Waals surface area contributed by atoms with E-state index in [0.717, 1.165) is 5.56 Å². The summed E-state index contributed by atoms with van der Waals surface area (Å²) in [5, 5.41) is 2.83. The second-order valence-electron chi connectivity index (χ2n) is 4.64. The molecule has 1 aromatic rings. The van der Waals surface area contributed by atoms with Gasteiger partial charge in [0.25, 0.3) is 0 Å². The second-order valence-corrected chi connectivity index (χ2v) is 5.67. The summed E-state index contributed by atoms with van der Waals surface area (Å²) >= 11 is 1.32. The van der Waals surface area contributed by atoms with Gasteiger partial charge in [-0.05, 0) is 19.4 Å². The van der Waals surface area contributed by atoms with Crippen molar-refractivity contribution in [3.63, 3.8) is 0 Å².